The van der Waals surface area contributed by atoms with Gasteiger partial charge in [-0.15, -0.1) is 11.3 Å². The number of carbonyl (C=O) groups excluding carboxylic acids is 1. The maximum atomic E-state index is 13.0. The van der Waals surface area contributed by atoms with E-state index in [4.69, 9.17) is 18.6 Å². The third-order valence-electron chi connectivity index (χ3n) is 6.59. The molecule has 0 saturated carbocycles. The van der Waals surface area contributed by atoms with E-state index in [1.807, 2.05) is 6.07 Å². The Bertz CT molecular complexity index is 1130. The van der Waals surface area contributed by atoms with E-state index in [0.717, 1.165) is 42.9 Å². The summed E-state index contributed by atoms with van der Waals surface area (Å²) in [6.07, 6.45) is 5.92. The minimum Gasteiger partial charge on any atom is -0.493 e. The number of anilines is 1. The molecule has 1 atom stereocenters. The third-order valence-corrected chi connectivity index (χ3v) is 7.81. The Balaban J connectivity index is 1.63. The number of thiophene rings is 1. The molecule has 1 N–H and O–H groups in total. The monoisotopic (exact) mass is 482 g/mol. The minimum atomic E-state index is -0.224. The molecular weight excluding hydrogens is 452 g/mol. The van der Waals surface area contributed by atoms with Crippen LogP contribution < -0.4 is 14.8 Å². The molecular formula is C26H30N2O5S. The second-order valence-electron chi connectivity index (χ2n) is 8.55. The zero-order valence-electron chi connectivity index (χ0n) is 19.6. The molecule has 180 valence electrons. The zero-order chi connectivity index (χ0) is 23.5. The largest absolute Gasteiger partial charge is 0.493 e. The molecule has 1 unspecified atom stereocenters. The van der Waals surface area contributed by atoms with Gasteiger partial charge in [0.15, 0.2) is 17.3 Å². The first-order chi connectivity index (χ1) is 16.7. The molecule has 8 heteroatoms. The first-order valence-corrected chi connectivity index (χ1v) is 12.5. The maximum Gasteiger partial charge on any atom is 0.291 e. The molecule has 34 heavy (non-hydrogen) atoms. The third kappa shape index (κ3) is 4.45. The fraction of sp³-hybridized carbons (Fsp3) is 0.423. The molecule has 1 aliphatic carbocycles. The van der Waals surface area contributed by atoms with E-state index in [1.54, 1.807) is 37.7 Å². The second-order valence-corrected chi connectivity index (χ2v) is 9.66. The molecule has 3 aromatic rings. The topological polar surface area (TPSA) is 73.2 Å². The van der Waals surface area contributed by atoms with Gasteiger partial charge >= 0.3 is 0 Å². The summed E-state index contributed by atoms with van der Waals surface area (Å²) < 4.78 is 22.2. The SMILES string of the molecule is COc1ccc(C(c2c(NC(=O)c3ccco3)sc3c2CCCC3)N2CCOCC2)cc1OC. The first kappa shape index (κ1) is 23.0. The van der Waals surface area contributed by atoms with E-state index in [9.17, 15) is 4.79 Å². The Hall–Kier alpha value is -2.81. The summed E-state index contributed by atoms with van der Waals surface area (Å²) in [5, 5.41) is 4.08. The molecule has 7 nitrogen and oxygen atoms in total. The van der Waals surface area contributed by atoms with Gasteiger partial charge in [0.1, 0.15) is 5.00 Å². The molecule has 1 aliphatic heterocycles. The highest BCUT2D eigenvalue weighted by Gasteiger charge is 2.33. The number of amides is 1. The van der Waals surface area contributed by atoms with Gasteiger partial charge < -0.3 is 23.9 Å². The normalized spacial score (nSPS) is 17.1. The Labute approximate surface area is 203 Å². The van der Waals surface area contributed by atoms with E-state index >= 15 is 0 Å². The van der Waals surface area contributed by atoms with Crippen LogP contribution in [0.25, 0.3) is 0 Å². The van der Waals surface area contributed by atoms with Crippen molar-refractivity contribution in [2.75, 3.05) is 45.8 Å². The molecule has 1 fully saturated rings. The van der Waals surface area contributed by atoms with Crippen LogP contribution in [0.1, 0.15) is 51.0 Å². The van der Waals surface area contributed by atoms with Gasteiger partial charge in [-0.05, 0) is 61.1 Å². The van der Waals surface area contributed by atoms with Crippen LogP contribution in [-0.4, -0.2) is 51.3 Å². The number of ether oxygens (including phenoxy) is 3. The van der Waals surface area contributed by atoms with Crippen LogP contribution >= 0.6 is 11.3 Å². The minimum absolute atomic E-state index is 0.0336. The van der Waals surface area contributed by atoms with Crippen molar-refractivity contribution in [2.24, 2.45) is 0 Å². The van der Waals surface area contributed by atoms with Crippen molar-refractivity contribution in [3.63, 3.8) is 0 Å². The number of benzene rings is 1. The zero-order valence-corrected chi connectivity index (χ0v) is 20.4. The molecule has 3 heterocycles. The number of furan rings is 1. The summed E-state index contributed by atoms with van der Waals surface area (Å²) in [6.45, 7) is 3.00. The molecule has 5 rings (SSSR count). The average Bonchev–Trinajstić information content (AvgIpc) is 3.54. The summed E-state index contributed by atoms with van der Waals surface area (Å²) >= 11 is 1.70. The molecule has 1 saturated heterocycles. The number of morpholine rings is 1. The lowest BCUT2D eigenvalue weighted by Gasteiger charge is -2.36. The number of methoxy groups -OCH3 is 2. The lowest BCUT2D eigenvalue weighted by atomic mass is 9.88. The number of aryl methyl sites for hydroxylation is 1. The van der Waals surface area contributed by atoms with Gasteiger partial charge in [0.2, 0.25) is 0 Å². The number of nitrogens with one attached hydrogen (secondary N) is 1. The second kappa shape index (κ2) is 10.2. The summed E-state index contributed by atoms with van der Waals surface area (Å²) in [4.78, 5) is 16.8. The lowest BCUT2D eigenvalue weighted by Crippen LogP contribution is -2.40. The van der Waals surface area contributed by atoms with Crippen molar-refractivity contribution in [1.29, 1.82) is 0 Å². The summed E-state index contributed by atoms with van der Waals surface area (Å²) in [5.74, 6) is 1.48. The number of rotatable bonds is 7. The Morgan fingerprint density at radius 3 is 2.62 bits per heavy atom. The molecule has 0 radical (unpaired) electrons. The van der Waals surface area contributed by atoms with Crippen molar-refractivity contribution in [3.8, 4) is 11.5 Å². The molecule has 0 bridgehead atoms. The van der Waals surface area contributed by atoms with E-state index < -0.39 is 0 Å². The van der Waals surface area contributed by atoms with Crippen LogP contribution in [-0.2, 0) is 17.6 Å². The van der Waals surface area contributed by atoms with Crippen molar-refractivity contribution in [2.45, 2.75) is 31.7 Å². The quantitative estimate of drug-likeness (QED) is 0.516. The fourth-order valence-corrected chi connectivity index (χ4v) is 6.28. The van der Waals surface area contributed by atoms with Gasteiger partial charge in [0, 0.05) is 23.5 Å². The molecule has 2 aliphatic rings. The van der Waals surface area contributed by atoms with Crippen molar-refractivity contribution < 1.29 is 23.4 Å². The Morgan fingerprint density at radius 2 is 1.88 bits per heavy atom. The van der Waals surface area contributed by atoms with Crippen molar-refractivity contribution in [3.05, 3.63) is 63.9 Å². The maximum absolute atomic E-state index is 13.0. The molecule has 1 aromatic carbocycles. The van der Waals surface area contributed by atoms with E-state index in [-0.39, 0.29) is 11.9 Å². The summed E-state index contributed by atoms with van der Waals surface area (Å²) in [5.41, 5.74) is 3.67. The van der Waals surface area contributed by atoms with Gasteiger partial charge in [-0.1, -0.05) is 6.07 Å². The van der Waals surface area contributed by atoms with Crippen LogP contribution in [0.4, 0.5) is 5.00 Å². The number of nitrogens with zero attached hydrogens (tertiary/aromatic N) is 1. The highest BCUT2D eigenvalue weighted by Crippen LogP contribution is 2.46. The summed E-state index contributed by atoms with van der Waals surface area (Å²) in [7, 11) is 3.31. The smallest absolute Gasteiger partial charge is 0.291 e. The Morgan fingerprint density at radius 1 is 1.09 bits per heavy atom. The number of hydrogen-bond acceptors (Lipinski definition) is 7. The van der Waals surface area contributed by atoms with Gasteiger partial charge in [0.25, 0.3) is 5.91 Å². The number of hydrogen-bond donors (Lipinski definition) is 1. The van der Waals surface area contributed by atoms with Crippen molar-refractivity contribution in [1.82, 2.24) is 4.90 Å². The van der Waals surface area contributed by atoms with Crippen LogP contribution in [0, 0.1) is 0 Å². The number of carbonyl (C=O) groups is 1. The Kier molecular flexibility index (Phi) is 6.89. The molecule has 1 amide bonds. The van der Waals surface area contributed by atoms with Crippen LogP contribution in [0.2, 0.25) is 0 Å². The van der Waals surface area contributed by atoms with E-state index in [1.165, 1.54) is 28.7 Å². The van der Waals surface area contributed by atoms with Gasteiger partial charge in [-0.3, -0.25) is 9.69 Å². The molecule has 0 spiro atoms. The highest BCUT2D eigenvalue weighted by atomic mass is 32.1. The van der Waals surface area contributed by atoms with Crippen LogP contribution in [0.3, 0.4) is 0 Å². The van der Waals surface area contributed by atoms with Gasteiger partial charge in [-0.2, -0.15) is 0 Å². The average molecular weight is 483 g/mol. The van der Waals surface area contributed by atoms with Gasteiger partial charge in [0.05, 0.1) is 39.7 Å². The van der Waals surface area contributed by atoms with Crippen LogP contribution in [0.5, 0.6) is 11.5 Å². The number of fused-ring (bicyclic) bond motifs is 1. The summed E-state index contributed by atoms with van der Waals surface area (Å²) in [6, 6.07) is 9.51. The fourth-order valence-electron chi connectivity index (χ4n) is 4.96. The first-order valence-electron chi connectivity index (χ1n) is 11.7. The lowest BCUT2D eigenvalue weighted by molar-refractivity contribution is 0.0239. The highest BCUT2D eigenvalue weighted by molar-refractivity contribution is 7.16. The standard InChI is InChI=1S/C26H30N2O5S/c1-30-19-10-9-17(16-21(19)31-2)24(28-11-14-32-15-12-28)23-18-6-3-4-8-22(18)34-26(23)27-25(29)20-7-5-13-33-20/h5,7,9-10,13,16,24H,3-4,6,8,11-12,14-15H2,1-2H3,(H,27,29). The predicted octanol–water partition coefficient (Wildman–Crippen LogP) is 4.91. The predicted molar refractivity (Wildman–Crippen MR) is 131 cm³/mol. The van der Waals surface area contributed by atoms with Crippen molar-refractivity contribution >= 4 is 22.2 Å². The van der Waals surface area contributed by atoms with Crippen LogP contribution in [0.15, 0.2) is 41.0 Å². The van der Waals surface area contributed by atoms with E-state index in [0.29, 0.717) is 30.5 Å². The van der Waals surface area contributed by atoms with Gasteiger partial charge in [-0.25, -0.2) is 0 Å². The molecule has 2 aromatic heterocycles. The van der Waals surface area contributed by atoms with E-state index in [2.05, 4.69) is 22.3 Å².